The number of aromatic nitrogens is 1. The van der Waals surface area contributed by atoms with Crippen molar-refractivity contribution in [1.29, 1.82) is 0 Å². The van der Waals surface area contributed by atoms with Crippen LogP contribution in [0.5, 0.6) is 0 Å². The quantitative estimate of drug-likeness (QED) is 0.439. The number of nitrogens with one attached hydrogen (secondary N) is 1. The van der Waals surface area contributed by atoms with Gasteiger partial charge in [-0.3, -0.25) is 34.4 Å². The number of aryl methyl sites for hydroxylation is 1. The molecule has 0 spiro atoms. The number of anilines is 1. The molecule has 0 aliphatic rings. The molecular weight excluding hydrogens is 376 g/mol. The smallest absolute Gasteiger partial charge is 0.339 e. The first kappa shape index (κ1) is 20.2. The molecule has 1 aromatic carbocycles. The van der Waals surface area contributed by atoms with Crippen molar-refractivity contribution < 1.29 is 24.2 Å². The second kappa shape index (κ2) is 8.07. The maximum absolute atomic E-state index is 12.2. The third kappa shape index (κ3) is 4.35. The number of hydrogen-bond donors (Lipinski definition) is 1. The first-order chi connectivity index (χ1) is 13.1. The van der Waals surface area contributed by atoms with Crippen LogP contribution in [0.2, 0.25) is 0 Å². The van der Waals surface area contributed by atoms with Crippen molar-refractivity contribution in [2.24, 2.45) is 0 Å². The van der Waals surface area contributed by atoms with E-state index in [0.29, 0.717) is 10.1 Å². The van der Waals surface area contributed by atoms with Crippen molar-refractivity contribution >= 4 is 28.9 Å². The van der Waals surface area contributed by atoms with E-state index in [-0.39, 0.29) is 16.9 Å². The van der Waals surface area contributed by atoms with Gasteiger partial charge in [0.15, 0.2) is 0 Å². The van der Waals surface area contributed by atoms with Gasteiger partial charge in [0.1, 0.15) is 12.2 Å². The largest absolute Gasteiger partial charge is 0.465 e. The van der Waals surface area contributed by atoms with Gasteiger partial charge in [-0.2, -0.15) is 0 Å². The molecule has 0 saturated carbocycles. The minimum Gasteiger partial charge on any atom is -0.465 e. The van der Waals surface area contributed by atoms with Gasteiger partial charge in [0.2, 0.25) is 5.91 Å². The minimum absolute atomic E-state index is 0.104. The number of nitro benzene ring substituents is 1. The lowest BCUT2D eigenvalue weighted by Gasteiger charge is -2.09. The second-order valence-electron chi connectivity index (χ2n) is 5.62. The number of benzene rings is 1. The van der Waals surface area contributed by atoms with Crippen molar-refractivity contribution in [3.63, 3.8) is 0 Å². The molecule has 0 radical (unpaired) electrons. The molecule has 1 heterocycles. The number of esters is 1. The van der Waals surface area contributed by atoms with Gasteiger partial charge in [-0.25, -0.2) is 4.79 Å². The van der Waals surface area contributed by atoms with Gasteiger partial charge >= 0.3 is 17.2 Å². The molecule has 1 N–H and O–H groups in total. The van der Waals surface area contributed by atoms with Crippen LogP contribution in [0.3, 0.4) is 0 Å². The van der Waals surface area contributed by atoms with Gasteiger partial charge in [-0.1, -0.05) is 6.07 Å². The fraction of sp³-hybridized carbons (Fsp3) is 0.188. The number of methoxy groups -OCH3 is 1. The minimum atomic E-state index is -1.12. The van der Waals surface area contributed by atoms with Gasteiger partial charge < -0.3 is 10.1 Å². The molecule has 1 aromatic heterocycles. The van der Waals surface area contributed by atoms with Crippen LogP contribution >= 0.6 is 0 Å². The first-order valence-corrected chi connectivity index (χ1v) is 7.66. The van der Waals surface area contributed by atoms with Gasteiger partial charge in [0.05, 0.1) is 22.5 Å². The number of nitrogens with zero attached hydrogens (tertiary/aromatic N) is 3. The predicted molar refractivity (Wildman–Crippen MR) is 95.2 cm³/mol. The summed E-state index contributed by atoms with van der Waals surface area (Å²) in [4.78, 5) is 56.5. The average molecular weight is 390 g/mol. The zero-order valence-electron chi connectivity index (χ0n) is 14.7. The Bertz CT molecular complexity index is 1040. The number of carbonyl (C=O) groups excluding carboxylic acids is 2. The van der Waals surface area contributed by atoms with E-state index in [1.807, 2.05) is 0 Å². The lowest BCUT2D eigenvalue weighted by atomic mass is 10.2. The Morgan fingerprint density at radius 3 is 2.36 bits per heavy atom. The lowest BCUT2D eigenvalue weighted by molar-refractivity contribution is -0.386. The summed E-state index contributed by atoms with van der Waals surface area (Å²) in [6, 6.07) is 4.86. The van der Waals surface area contributed by atoms with Gasteiger partial charge in [-0.15, -0.1) is 0 Å². The summed E-state index contributed by atoms with van der Waals surface area (Å²) >= 11 is 0. The summed E-state index contributed by atoms with van der Waals surface area (Å²) in [5, 5.41) is 24.4. The van der Waals surface area contributed by atoms with Crippen LogP contribution in [0.1, 0.15) is 15.9 Å². The molecule has 1 amide bonds. The highest BCUT2D eigenvalue weighted by Gasteiger charge is 2.22. The van der Waals surface area contributed by atoms with E-state index in [1.165, 1.54) is 18.2 Å². The Hall–Kier alpha value is -4.09. The predicted octanol–water partition coefficient (Wildman–Crippen LogP) is 1.40. The van der Waals surface area contributed by atoms with Crippen LogP contribution in [0.25, 0.3) is 0 Å². The molecule has 0 saturated heterocycles. The van der Waals surface area contributed by atoms with Gasteiger partial charge in [-0.05, 0) is 18.6 Å². The normalized spacial score (nSPS) is 10.2. The molecule has 0 fully saturated rings. The summed E-state index contributed by atoms with van der Waals surface area (Å²) in [5.41, 5.74) is -2.20. The maximum Gasteiger partial charge on any atom is 0.339 e. The monoisotopic (exact) mass is 390 g/mol. The SMILES string of the molecule is COC(=O)c1cc([N+](=O)[O-])c(=O)n(CC(=O)Nc2ccc(C)cc2[N+](=O)[O-])c1. The zero-order chi connectivity index (χ0) is 21.0. The Kier molecular flexibility index (Phi) is 5.83. The summed E-state index contributed by atoms with van der Waals surface area (Å²) in [5.74, 6) is -1.79. The summed E-state index contributed by atoms with van der Waals surface area (Å²) in [7, 11) is 1.05. The Labute approximate surface area is 156 Å². The van der Waals surface area contributed by atoms with E-state index in [2.05, 4.69) is 10.1 Å². The van der Waals surface area contributed by atoms with Crippen LogP contribution in [0, 0.1) is 27.2 Å². The number of pyridine rings is 1. The Morgan fingerprint density at radius 2 is 1.79 bits per heavy atom. The van der Waals surface area contributed by atoms with Crippen LogP contribution in [-0.2, 0) is 16.1 Å². The summed E-state index contributed by atoms with van der Waals surface area (Å²) in [6.45, 7) is 0.922. The molecule has 0 bridgehead atoms. The molecule has 0 aliphatic heterocycles. The number of nitro groups is 2. The molecule has 0 unspecified atom stereocenters. The van der Waals surface area contributed by atoms with Crippen LogP contribution in [-0.4, -0.2) is 33.4 Å². The van der Waals surface area contributed by atoms with Crippen molar-refractivity contribution in [2.45, 2.75) is 13.5 Å². The van der Waals surface area contributed by atoms with E-state index in [1.54, 1.807) is 6.92 Å². The molecular formula is C16H14N4O8. The average Bonchev–Trinajstić information content (AvgIpc) is 2.63. The topological polar surface area (TPSA) is 164 Å². The van der Waals surface area contributed by atoms with Crippen LogP contribution in [0.15, 0.2) is 35.3 Å². The number of ether oxygens (including phenoxy) is 1. The third-order valence-corrected chi connectivity index (χ3v) is 3.62. The molecule has 146 valence electrons. The standard InChI is InChI=1S/C16H14N4O8/c1-9-3-4-11(12(5-9)19(24)25)17-14(21)8-18-7-10(16(23)28-2)6-13(15(18)22)20(26)27/h3-7H,8H2,1-2H3,(H,17,21). The Morgan fingerprint density at radius 1 is 1.14 bits per heavy atom. The van der Waals surface area contributed by atoms with E-state index < -0.39 is 39.5 Å². The van der Waals surface area contributed by atoms with Crippen molar-refractivity contribution in [2.75, 3.05) is 12.4 Å². The molecule has 2 rings (SSSR count). The molecule has 0 aliphatic carbocycles. The van der Waals surface area contributed by atoms with Crippen molar-refractivity contribution in [3.8, 4) is 0 Å². The molecule has 2 aromatic rings. The number of carbonyl (C=O) groups is 2. The maximum atomic E-state index is 12.2. The van der Waals surface area contributed by atoms with Crippen molar-refractivity contribution in [1.82, 2.24) is 4.57 Å². The lowest BCUT2D eigenvalue weighted by Crippen LogP contribution is -2.29. The first-order valence-electron chi connectivity index (χ1n) is 7.66. The van der Waals surface area contributed by atoms with E-state index in [4.69, 9.17) is 0 Å². The number of hydrogen-bond acceptors (Lipinski definition) is 8. The Balaban J connectivity index is 2.38. The fourth-order valence-electron chi connectivity index (χ4n) is 2.34. The fourth-order valence-corrected chi connectivity index (χ4v) is 2.34. The second-order valence-corrected chi connectivity index (χ2v) is 5.62. The molecule has 12 nitrogen and oxygen atoms in total. The third-order valence-electron chi connectivity index (χ3n) is 3.62. The van der Waals surface area contributed by atoms with E-state index >= 15 is 0 Å². The molecule has 12 heteroatoms. The van der Waals surface area contributed by atoms with E-state index in [9.17, 15) is 34.6 Å². The highest BCUT2D eigenvalue weighted by Crippen LogP contribution is 2.25. The van der Waals surface area contributed by atoms with Crippen molar-refractivity contribution in [3.05, 3.63) is 72.2 Å². The molecule has 0 atom stereocenters. The van der Waals surface area contributed by atoms with Crippen LogP contribution in [0.4, 0.5) is 17.1 Å². The highest BCUT2D eigenvalue weighted by molar-refractivity contribution is 5.93. The van der Waals surface area contributed by atoms with Gasteiger partial charge in [0, 0.05) is 18.3 Å². The van der Waals surface area contributed by atoms with E-state index in [0.717, 1.165) is 19.4 Å². The van der Waals surface area contributed by atoms with Gasteiger partial charge in [0.25, 0.3) is 5.69 Å². The number of amides is 1. The van der Waals surface area contributed by atoms with Crippen LogP contribution < -0.4 is 10.9 Å². The number of rotatable bonds is 6. The zero-order valence-corrected chi connectivity index (χ0v) is 14.7. The summed E-state index contributed by atoms with van der Waals surface area (Å²) in [6.07, 6.45) is 0.935. The highest BCUT2D eigenvalue weighted by atomic mass is 16.6. The summed E-state index contributed by atoms with van der Waals surface area (Å²) < 4.78 is 5.12. The molecule has 28 heavy (non-hydrogen) atoms.